The van der Waals surface area contributed by atoms with E-state index in [9.17, 15) is 9.59 Å². The van der Waals surface area contributed by atoms with Gasteiger partial charge < -0.3 is 15.5 Å². The first-order valence-electron chi connectivity index (χ1n) is 6.56. The minimum Gasteiger partial charge on any atom is -0.369 e. The molecule has 0 unspecified atom stereocenters. The predicted molar refractivity (Wildman–Crippen MR) is 84.6 cm³/mol. The van der Waals surface area contributed by atoms with E-state index in [2.05, 4.69) is 9.88 Å². The zero-order valence-electron chi connectivity index (χ0n) is 11.5. The van der Waals surface area contributed by atoms with Gasteiger partial charge in [-0.2, -0.15) is 0 Å². The number of nitrogens with two attached hydrogens (primary N) is 1. The highest BCUT2D eigenvalue weighted by molar-refractivity contribution is 8.00. The van der Waals surface area contributed by atoms with Gasteiger partial charge in [-0.15, -0.1) is 11.8 Å². The first-order chi connectivity index (χ1) is 10.1. The standard InChI is InChI=1S/C13H17ClN4O2S/c14-10-1-2-16-12(7-10)17-3-5-18(6-4-17)13(20)9-21-8-11(15)19/h1-2,7H,3-6,8-9H2,(H2,15,19). The molecule has 1 aromatic rings. The maximum absolute atomic E-state index is 12.0. The summed E-state index contributed by atoms with van der Waals surface area (Å²) < 4.78 is 0. The van der Waals surface area contributed by atoms with Crippen molar-refractivity contribution in [3.05, 3.63) is 23.4 Å². The number of amides is 2. The number of nitrogens with zero attached hydrogens (tertiary/aromatic N) is 3. The van der Waals surface area contributed by atoms with Crippen molar-refractivity contribution in [1.82, 2.24) is 9.88 Å². The lowest BCUT2D eigenvalue weighted by atomic mass is 10.3. The number of anilines is 1. The molecule has 1 aromatic heterocycles. The van der Waals surface area contributed by atoms with Crippen molar-refractivity contribution >= 4 is 41.0 Å². The Kier molecular flexibility index (Phi) is 5.69. The van der Waals surface area contributed by atoms with E-state index in [1.54, 1.807) is 17.2 Å². The van der Waals surface area contributed by atoms with Gasteiger partial charge in [0, 0.05) is 37.4 Å². The molecule has 1 aliphatic heterocycles. The minimum atomic E-state index is -0.398. The summed E-state index contributed by atoms with van der Waals surface area (Å²) >= 11 is 7.21. The monoisotopic (exact) mass is 328 g/mol. The summed E-state index contributed by atoms with van der Waals surface area (Å²) in [6, 6.07) is 3.56. The topological polar surface area (TPSA) is 79.5 Å². The molecule has 21 heavy (non-hydrogen) atoms. The molecule has 0 saturated carbocycles. The molecule has 6 nitrogen and oxygen atoms in total. The van der Waals surface area contributed by atoms with Gasteiger partial charge in [0.2, 0.25) is 11.8 Å². The molecular weight excluding hydrogens is 312 g/mol. The third-order valence-corrected chi connectivity index (χ3v) is 4.31. The minimum absolute atomic E-state index is 0.0416. The fraction of sp³-hybridized carbons (Fsp3) is 0.462. The van der Waals surface area contributed by atoms with Crippen LogP contribution in [0, 0.1) is 0 Å². The first-order valence-corrected chi connectivity index (χ1v) is 8.10. The quantitative estimate of drug-likeness (QED) is 0.856. The fourth-order valence-electron chi connectivity index (χ4n) is 2.08. The summed E-state index contributed by atoms with van der Waals surface area (Å²) in [7, 11) is 0. The Balaban J connectivity index is 1.80. The van der Waals surface area contributed by atoms with Gasteiger partial charge in [-0.25, -0.2) is 4.98 Å². The van der Waals surface area contributed by atoms with Crippen molar-refractivity contribution in [2.45, 2.75) is 0 Å². The Morgan fingerprint density at radius 3 is 2.62 bits per heavy atom. The Labute approximate surface area is 132 Å². The second-order valence-corrected chi connectivity index (χ2v) is 6.08. The summed E-state index contributed by atoms with van der Waals surface area (Å²) in [5.74, 6) is 0.943. The molecule has 114 valence electrons. The number of aromatic nitrogens is 1. The van der Waals surface area contributed by atoms with Crippen LogP contribution in [-0.4, -0.2) is 59.4 Å². The Bertz CT molecular complexity index is 521. The van der Waals surface area contributed by atoms with Gasteiger partial charge in [-0.1, -0.05) is 11.6 Å². The number of piperazine rings is 1. The van der Waals surface area contributed by atoms with Crippen molar-refractivity contribution < 1.29 is 9.59 Å². The van der Waals surface area contributed by atoms with Gasteiger partial charge in [-0.05, 0) is 12.1 Å². The van der Waals surface area contributed by atoms with Crippen LogP contribution in [0.5, 0.6) is 0 Å². The number of thioether (sulfide) groups is 1. The van der Waals surface area contributed by atoms with Crippen molar-refractivity contribution in [2.24, 2.45) is 5.73 Å². The molecule has 8 heteroatoms. The van der Waals surface area contributed by atoms with E-state index < -0.39 is 5.91 Å². The molecule has 1 aliphatic rings. The van der Waals surface area contributed by atoms with Crippen LogP contribution >= 0.6 is 23.4 Å². The molecule has 0 bridgehead atoms. The van der Waals surface area contributed by atoms with Crippen LogP contribution in [-0.2, 0) is 9.59 Å². The van der Waals surface area contributed by atoms with Gasteiger partial charge in [0.15, 0.2) is 0 Å². The number of halogens is 1. The zero-order chi connectivity index (χ0) is 15.2. The number of hydrogen-bond donors (Lipinski definition) is 1. The number of rotatable bonds is 5. The molecule has 2 amide bonds. The van der Waals surface area contributed by atoms with Gasteiger partial charge in [0.1, 0.15) is 5.82 Å². The average Bonchev–Trinajstić information content (AvgIpc) is 2.47. The SMILES string of the molecule is NC(=O)CSCC(=O)N1CCN(c2cc(Cl)ccn2)CC1. The zero-order valence-corrected chi connectivity index (χ0v) is 13.1. The number of pyridine rings is 1. The highest BCUT2D eigenvalue weighted by atomic mass is 35.5. The molecule has 2 heterocycles. The summed E-state index contributed by atoms with van der Waals surface area (Å²) in [5, 5.41) is 0.654. The van der Waals surface area contributed by atoms with Crippen molar-refractivity contribution in [3.63, 3.8) is 0 Å². The normalized spacial score (nSPS) is 15.1. The third kappa shape index (κ3) is 4.78. The molecule has 1 fully saturated rings. The number of primary amides is 1. The maximum atomic E-state index is 12.0. The Morgan fingerprint density at radius 2 is 2.00 bits per heavy atom. The van der Waals surface area contributed by atoms with E-state index in [1.807, 2.05) is 6.07 Å². The summed E-state index contributed by atoms with van der Waals surface area (Å²) in [4.78, 5) is 30.8. The van der Waals surface area contributed by atoms with E-state index in [0.717, 1.165) is 18.9 Å². The number of carbonyl (C=O) groups is 2. The maximum Gasteiger partial charge on any atom is 0.232 e. The number of carbonyl (C=O) groups excluding carboxylic acids is 2. The van der Waals surface area contributed by atoms with Crippen molar-refractivity contribution in [2.75, 3.05) is 42.6 Å². The summed E-state index contributed by atoms with van der Waals surface area (Å²) in [6.45, 7) is 2.73. The second-order valence-electron chi connectivity index (χ2n) is 4.66. The van der Waals surface area contributed by atoms with Gasteiger partial charge in [0.25, 0.3) is 0 Å². The van der Waals surface area contributed by atoms with E-state index >= 15 is 0 Å². The summed E-state index contributed by atoms with van der Waals surface area (Å²) in [5.41, 5.74) is 5.04. The van der Waals surface area contributed by atoms with Gasteiger partial charge in [-0.3, -0.25) is 9.59 Å². The van der Waals surface area contributed by atoms with Crippen LogP contribution in [0.3, 0.4) is 0 Å². The molecular formula is C13H17ClN4O2S. The van der Waals surface area contributed by atoms with Gasteiger partial charge in [0.05, 0.1) is 11.5 Å². The molecule has 0 spiro atoms. The average molecular weight is 329 g/mol. The fourth-order valence-corrected chi connectivity index (χ4v) is 2.90. The Hall–Kier alpha value is -1.47. The van der Waals surface area contributed by atoms with Crippen LogP contribution in [0.15, 0.2) is 18.3 Å². The first kappa shape index (κ1) is 15.9. The van der Waals surface area contributed by atoms with E-state index in [1.165, 1.54) is 11.8 Å². The Morgan fingerprint density at radius 1 is 1.29 bits per heavy atom. The summed E-state index contributed by atoms with van der Waals surface area (Å²) in [6.07, 6.45) is 1.68. The molecule has 2 rings (SSSR count). The molecule has 0 radical (unpaired) electrons. The van der Waals surface area contributed by atoms with Crippen LogP contribution in [0.2, 0.25) is 5.02 Å². The molecule has 0 aromatic carbocycles. The second kappa shape index (κ2) is 7.51. The van der Waals surface area contributed by atoms with Crippen LogP contribution in [0.1, 0.15) is 0 Å². The van der Waals surface area contributed by atoms with Crippen molar-refractivity contribution in [3.8, 4) is 0 Å². The lowest BCUT2D eigenvalue weighted by Crippen LogP contribution is -2.49. The van der Waals surface area contributed by atoms with E-state index in [-0.39, 0.29) is 11.7 Å². The van der Waals surface area contributed by atoms with Crippen LogP contribution in [0.4, 0.5) is 5.82 Å². The smallest absolute Gasteiger partial charge is 0.232 e. The largest absolute Gasteiger partial charge is 0.369 e. The number of hydrogen-bond acceptors (Lipinski definition) is 5. The predicted octanol–water partition coefficient (Wildman–Crippen LogP) is 0.602. The lowest BCUT2D eigenvalue weighted by molar-refractivity contribution is -0.128. The van der Waals surface area contributed by atoms with Crippen LogP contribution in [0.25, 0.3) is 0 Å². The molecule has 2 N–H and O–H groups in total. The van der Waals surface area contributed by atoms with Crippen molar-refractivity contribution in [1.29, 1.82) is 0 Å². The third-order valence-electron chi connectivity index (χ3n) is 3.13. The van der Waals surface area contributed by atoms with E-state index in [4.69, 9.17) is 17.3 Å². The highest BCUT2D eigenvalue weighted by Crippen LogP contribution is 2.18. The van der Waals surface area contributed by atoms with Gasteiger partial charge >= 0.3 is 0 Å². The molecule has 0 atom stereocenters. The van der Waals surface area contributed by atoms with Crippen LogP contribution < -0.4 is 10.6 Å². The molecule has 0 aliphatic carbocycles. The lowest BCUT2D eigenvalue weighted by Gasteiger charge is -2.35. The highest BCUT2D eigenvalue weighted by Gasteiger charge is 2.21. The molecule has 1 saturated heterocycles. The van der Waals surface area contributed by atoms with E-state index in [0.29, 0.717) is 23.9 Å².